The molecule has 0 aromatic heterocycles. The number of likely N-dealkylation sites (tertiary alicyclic amines) is 1. The normalized spacial score (nSPS) is 29.8. The quantitative estimate of drug-likeness (QED) is 0.458. The number of ether oxygens (including phenoxy) is 1. The summed E-state index contributed by atoms with van der Waals surface area (Å²) in [7, 11) is 0. The van der Waals surface area contributed by atoms with Gasteiger partial charge in [-0.3, -0.25) is 14.4 Å². The number of fused-ring (bicyclic) bond motifs is 1. The van der Waals surface area contributed by atoms with E-state index < -0.39 is 35.1 Å². The standard InChI is InChI=1S/C31H39N3O5/c1-5-22(18-35)34-26(28(37)33-25-19(3)11-10-12-20(25)4)31-16-15-30(6-2,39-31)23(24(31)29(34)38)27(36)32-17-21-13-8-7-9-14-21/h7-14,22-24,26,35H,5-6,15-18H2,1-4H3,(H,32,36)(H,33,37)/t22-,23-,24-,26?,30+,31?/m0/s1. The zero-order chi connectivity index (χ0) is 27.9. The van der Waals surface area contributed by atoms with E-state index in [0.29, 0.717) is 37.9 Å². The number of para-hydroxylation sites is 1. The van der Waals surface area contributed by atoms with Gasteiger partial charge in [0, 0.05) is 12.2 Å². The summed E-state index contributed by atoms with van der Waals surface area (Å²) in [6.45, 7) is 7.80. The van der Waals surface area contributed by atoms with Crippen LogP contribution in [0, 0.1) is 25.7 Å². The first-order valence-electron chi connectivity index (χ1n) is 14.0. The number of aliphatic hydroxyl groups excluding tert-OH is 1. The molecule has 208 valence electrons. The van der Waals surface area contributed by atoms with Crippen LogP contribution < -0.4 is 10.6 Å². The van der Waals surface area contributed by atoms with E-state index in [1.807, 2.05) is 76.2 Å². The van der Waals surface area contributed by atoms with E-state index >= 15 is 0 Å². The molecule has 8 heteroatoms. The van der Waals surface area contributed by atoms with Crippen LogP contribution in [0.4, 0.5) is 5.69 Å². The van der Waals surface area contributed by atoms with Crippen molar-refractivity contribution in [3.8, 4) is 0 Å². The molecule has 3 aliphatic rings. The Morgan fingerprint density at radius 3 is 2.36 bits per heavy atom. The van der Waals surface area contributed by atoms with Gasteiger partial charge in [-0.25, -0.2) is 0 Å². The number of nitrogens with zero attached hydrogens (tertiary/aromatic N) is 1. The number of amides is 3. The molecule has 3 amide bonds. The first kappa shape index (κ1) is 27.3. The Hall–Kier alpha value is -3.23. The van der Waals surface area contributed by atoms with Crippen LogP contribution in [0.15, 0.2) is 48.5 Å². The Balaban J connectivity index is 1.53. The minimum Gasteiger partial charge on any atom is -0.394 e. The van der Waals surface area contributed by atoms with Gasteiger partial charge in [-0.2, -0.15) is 0 Å². The molecule has 0 radical (unpaired) electrons. The molecule has 3 N–H and O–H groups in total. The largest absolute Gasteiger partial charge is 0.394 e. The third-order valence-electron chi connectivity index (χ3n) is 9.26. The van der Waals surface area contributed by atoms with Gasteiger partial charge in [-0.1, -0.05) is 62.4 Å². The van der Waals surface area contributed by atoms with Crippen molar-refractivity contribution in [2.45, 2.75) is 83.2 Å². The van der Waals surface area contributed by atoms with Gasteiger partial charge < -0.3 is 25.4 Å². The molecule has 3 heterocycles. The van der Waals surface area contributed by atoms with Gasteiger partial charge in [-0.15, -0.1) is 0 Å². The van der Waals surface area contributed by atoms with E-state index in [0.717, 1.165) is 16.7 Å². The molecule has 3 saturated heterocycles. The molecule has 3 aliphatic heterocycles. The summed E-state index contributed by atoms with van der Waals surface area (Å²) in [5.74, 6) is -2.37. The van der Waals surface area contributed by atoms with E-state index in [2.05, 4.69) is 10.6 Å². The van der Waals surface area contributed by atoms with Crippen molar-refractivity contribution >= 4 is 23.4 Å². The van der Waals surface area contributed by atoms with Gasteiger partial charge in [0.05, 0.1) is 30.1 Å². The van der Waals surface area contributed by atoms with Gasteiger partial charge in [-0.05, 0) is 56.2 Å². The van der Waals surface area contributed by atoms with Crippen LogP contribution in [0.3, 0.4) is 0 Å². The highest BCUT2D eigenvalue weighted by Gasteiger charge is 2.79. The fourth-order valence-corrected chi connectivity index (χ4v) is 7.26. The van der Waals surface area contributed by atoms with E-state index in [1.54, 1.807) is 0 Å². The summed E-state index contributed by atoms with van der Waals surface area (Å²) in [6, 6.07) is 13.9. The third-order valence-corrected chi connectivity index (χ3v) is 9.26. The molecule has 1 spiro atoms. The molecule has 2 bridgehead atoms. The first-order chi connectivity index (χ1) is 18.7. The average molecular weight is 534 g/mol. The topological polar surface area (TPSA) is 108 Å². The maximum absolute atomic E-state index is 14.3. The van der Waals surface area contributed by atoms with E-state index in [4.69, 9.17) is 4.74 Å². The van der Waals surface area contributed by atoms with Crippen LogP contribution in [-0.4, -0.2) is 57.6 Å². The van der Waals surface area contributed by atoms with Crippen LogP contribution in [-0.2, 0) is 25.7 Å². The predicted molar refractivity (Wildman–Crippen MR) is 148 cm³/mol. The molecule has 39 heavy (non-hydrogen) atoms. The number of aliphatic hydroxyl groups is 1. The molecular weight excluding hydrogens is 494 g/mol. The molecule has 6 atom stereocenters. The minimum atomic E-state index is -1.13. The number of anilines is 1. The molecule has 5 rings (SSSR count). The van der Waals surface area contributed by atoms with Crippen molar-refractivity contribution in [2.24, 2.45) is 11.8 Å². The van der Waals surface area contributed by atoms with Crippen molar-refractivity contribution in [1.82, 2.24) is 10.2 Å². The summed E-state index contributed by atoms with van der Waals surface area (Å²) in [5, 5.41) is 16.4. The van der Waals surface area contributed by atoms with Crippen molar-refractivity contribution in [3.63, 3.8) is 0 Å². The van der Waals surface area contributed by atoms with E-state index in [1.165, 1.54) is 4.90 Å². The number of hydrogen-bond donors (Lipinski definition) is 3. The van der Waals surface area contributed by atoms with Crippen LogP contribution >= 0.6 is 0 Å². The van der Waals surface area contributed by atoms with Crippen molar-refractivity contribution in [3.05, 3.63) is 65.2 Å². The lowest BCUT2D eigenvalue weighted by Gasteiger charge is -2.37. The lowest BCUT2D eigenvalue weighted by atomic mass is 9.65. The van der Waals surface area contributed by atoms with Gasteiger partial charge in [0.15, 0.2) is 0 Å². The number of aryl methyl sites for hydroxylation is 2. The SMILES string of the molecule is CC[C@@H](CO)N1C(=O)[C@@H]2[C@@H](C(=O)NCc3ccccc3)[C@@]3(CC)CCC2(O3)C1C(=O)Nc1c(C)cccc1C. The highest BCUT2D eigenvalue weighted by Crippen LogP contribution is 2.64. The second kappa shape index (κ2) is 10.4. The number of hydrogen-bond acceptors (Lipinski definition) is 5. The molecule has 2 unspecified atom stereocenters. The zero-order valence-corrected chi connectivity index (χ0v) is 23.2. The smallest absolute Gasteiger partial charge is 0.250 e. The Kier molecular flexibility index (Phi) is 7.29. The van der Waals surface area contributed by atoms with E-state index in [-0.39, 0.29) is 24.3 Å². The molecule has 2 aromatic carbocycles. The molecule has 2 aromatic rings. The summed E-state index contributed by atoms with van der Waals surface area (Å²) in [4.78, 5) is 43.7. The number of carbonyl (C=O) groups excluding carboxylic acids is 3. The average Bonchev–Trinajstić information content (AvgIpc) is 3.55. The van der Waals surface area contributed by atoms with Crippen molar-refractivity contribution in [1.29, 1.82) is 0 Å². The summed E-state index contributed by atoms with van der Waals surface area (Å²) in [5.41, 5.74) is 1.56. The van der Waals surface area contributed by atoms with Crippen LogP contribution in [0.1, 0.15) is 56.2 Å². The maximum atomic E-state index is 14.3. The molecule has 3 fully saturated rings. The Bertz CT molecular complexity index is 1240. The van der Waals surface area contributed by atoms with E-state index in [9.17, 15) is 19.5 Å². The predicted octanol–water partition coefficient (Wildman–Crippen LogP) is 3.48. The van der Waals surface area contributed by atoms with Gasteiger partial charge in [0.2, 0.25) is 17.7 Å². The summed E-state index contributed by atoms with van der Waals surface area (Å²) < 4.78 is 6.81. The molecule has 0 saturated carbocycles. The third kappa shape index (κ3) is 4.25. The Morgan fingerprint density at radius 1 is 1.05 bits per heavy atom. The van der Waals surface area contributed by atoms with Crippen molar-refractivity contribution < 1.29 is 24.2 Å². The molecule has 0 aliphatic carbocycles. The van der Waals surface area contributed by atoms with Crippen molar-refractivity contribution in [2.75, 3.05) is 11.9 Å². The minimum absolute atomic E-state index is 0.228. The van der Waals surface area contributed by atoms with Gasteiger partial charge >= 0.3 is 0 Å². The van der Waals surface area contributed by atoms with Crippen LogP contribution in [0.2, 0.25) is 0 Å². The summed E-state index contributed by atoms with van der Waals surface area (Å²) >= 11 is 0. The van der Waals surface area contributed by atoms with Crippen LogP contribution in [0.25, 0.3) is 0 Å². The fourth-order valence-electron chi connectivity index (χ4n) is 7.26. The Morgan fingerprint density at radius 2 is 1.74 bits per heavy atom. The fraction of sp³-hybridized carbons (Fsp3) is 0.516. The second-order valence-corrected chi connectivity index (χ2v) is 11.3. The van der Waals surface area contributed by atoms with Gasteiger partial charge in [0.1, 0.15) is 11.6 Å². The number of benzene rings is 2. The van der Waals surface area contributed by atoms with Crippen LogP contribution in [0.5, 0.6) is 0 Å². The first-order valence-corrected chi connectivity index (χ1v) is 14.0. The lowest BCUT2D eigenvalue weighted by molar-refractivity contribution is -0.149. The molecular formula is C31H39N3O5. The van der Waals surface area contributed by atoms with Gasteiger partial charge in [0.25, 0.3) is 0 Å². The summed E-state index contributed by atoms with van der Waals surface area (Å²) in [6.07, 6.45) is 2.13. The Labute approximate surface area is 230 Å². The number of rotatable bonds is 9. The molecule has 8 nitrogen and oxygen atoms in total. The zero-order valence-electron chi connectivity index (χ0n) is 23.2. The maximum Gasteiger partial charge on any atom is 0.250 e. The number of nitrogens with one attached hydrogen (secondary N) is 2. The second-order valence-electron chi connectivity index (χ2n) is 11.3. The lowest BCUT2D eigenvalue weighted by Crippen LogP contribution is -2.56. The number of carbonyl (C=O) groups is 3. The monoisotopic (exact) mass is 533 g/mol. The highest BCUT2D eigenvalue weighted by molar-refractivity contribution is 6.04. The highest BCUT2D eigenvalue weighted by atomic mass is 16.5.